The maximum absolute atomic E-state index is 12.5. The zero-order chi connectivity index (χ0) is 16.6. The van der Waals surface area contributed by atoms with E-state index in [1.807, 2.05) is 29.6 Å². The van der Waals surface area contributed by atoms with Crippen LogP contribution in [0, 0.1) is 0 Å². The first-order valence-electron chi connectivity index (χ1n) is 7.60. The number of carbonyl (C=O) groups is 1. The maximum Gasteiger partial charge on any atom is 0.316 e. The summed E-state index contributed by atoms with van der Waals surface area (Å²) < 4.78 is 10.8. The Balaban J connectivity index is 1.43. The minimum absolute atomic E-state index is 0.114. The number of esters is 1. The maximum atomic E-state index is 12.5. The van der Waals surface area contributed by atoms with Crippen molar-refractivity contribution >= 4 is 28.9 Å². The van der Waals surface area contributed by atoms with Crippen molar-refractivity contribution in [3.63, 3.8) is 0 Å². The SMILES string of the molecule is O=C(OCc1cc(-c2cccs2)on1)C1(c2ccc(Cl)cc2)CC1. The molecule has 4 nitrogen and oxygen atoms in total. The van der Waals surface area contributed by atoms with E-state index < -0.39 is 5.41 Å². The van der Waals surface area contributed by atoms with Crippen molar-refractivity contribution in [2.75, 3.05) is 0 Å². The lowest BCUT2D eigenvalue weighted by Crippen LogP contribution is -2.23. The van der Waals surface area contributed by atoms with Gasteiger partial charge in [-0.05, 0) is 42.0 Å². The zero-order valence-electron chi connectivity index (χ0n) is 12.7. The average Bonchev–Trinajstić information content (AvgIpc) is 3.00. The average molecular weight is 360 g/mol. The molecule has 1 aliphatic rings. The molecule has 0 radical (unpaired) electrons. The molecule has 2 aromatic heterocycles. The van der Waals surface area contributed by atoms with Crippen molar-refractivity contribution in [1.29, 1.82) is 0 Å². The minimum atomic E-state index is -0.523. The van der Waals surface area contributed by atoms with Gasteiger partial charge in [0, 0.05) is 11.1 Å². The van der Waals surface area contributed by atoms with Crippen molar-refractivity contribution in [1.82, 2.24) is 5.16 Å². The van der Waals surface area contributed by atoms with Crippen LogP contribution in [0.2, 0.25) is 5.02 Å². The first-order chi connectivity index (χ1) is 11.7. The fourth-order valence-corrected chi connectivity index (χ4v) is 3.50. The van der Waals surface area contributed by atoms with E-state index in [1.54, 1.807) is 29.5 Å². The normalized spacial score (nSPS) is 15.2. The van der Waals surface area contributed by atoms with Gasteiger partial charge in [0.05, 0.1) is 10.3 Å². The largest absolute Gasteiger partial charge is 0.458 e. The standard InChI is InChI=1S/C18H14ClNO3S/c19-13-5-3-12(4-6-13)18(7-8-18)17(21)22-11-14-10-15(23-20-14)16-2-1-9-24-16/h1-6,9-10H,7-8,11H2. The molecule has 0 atom stereocenters. The molecule has 0 bridgehead atoms. The van der Waals surface area contributed by atoms with Gasteiger partial charge in [-0.15, -0.1) is 11.3 Å². The molecule has 4 rings (SSSR count). The van der Waals surface area contributed by atoms with E-state index in [1.165, 1.54) is 0 Å². The molecule has 2 heterocycles. The summed E-state index contributed by atoms with van der Waals surface area (Å²) in [5.41, 5.74) is 1.04. The number of halogens is 1. The third-order valence-corrected chi connectivity index (χ3v) is 5.35. The number of carbonyl (C=O) groups excluding carboxylic acids is 1. The molecule has 1 aliphatic carbocycles. The Hall–Kier alpha value is -2.11. The fourth-order valence-electron chi connectivity index (χ4n) is 2.70. The number of rotatable bonds is 5. The van der Waals surface area contributed by atoms with Gasteiger partial charge in [0.2, 0.25) is 0 Å². The quantitative estimate of drug-likeness (QED) is 0.612. The van der Waals surface area contributed by atoms with Crippen molar-refractivity contribution in [3.8, 4) is 10.6 Å². The van der Waals surface area contributed by atoms with Gasteiger partial charge in [-0.25, -0.2) is 0 Å². The van der Waals surface area contributed by atoms with Gasteiger partial charge in [0.15, 0.2) is 5.76 Å². The highest BCUT2D eigenvalue weighted by Crippen LogP contribution is 2.49. The van der Waals surface area contributed by atoms with E-state index in [4.69, 9.17) is 20.9 Å². The second-order valence-electron chi connectivity index (χ2n) is 5.82. The highest BCUT2D eigenvalue weighted by Gasteiger charge is 2.52. The van der Waals surface area contributed by atoms with Crippen LogP contribution in [-0.4, -0.2) is 11.1 Å². The molecule has 3 aromatic rings. The second kappa shape index (κ2) is 6.07. The molecule has 0 unspecified atom stereocenters. The molecular formula is C18H14ClNO3S. The van der Waals surface area contributed by atoms with Crippen LogP contribution in [0.3, 0.4) is 0 Å². The van der Waals surface area contributed by atoms with Crippen LogP contribution in [-0.2, 0) is 21.6 Å². The van der Waals surface area contributed by atoms with Gasteiger partial charge in [-0.1, -0.05) is 35.0 Å². The number of hydrogen-bond acceptors (Lipinski definition) is 5. The number of benzene rings is 1. The topological polar surface area (TPSA) is 52.3 Å². The zero-order valence-corrected chi connectivity index (χ0v) is 14.3. The Morgan fingerprint density at radius 1 is 1.29 bits per heavy atom. The summed E-state index contributed by atoms with van der Waals surface area (Å²) in [4.78, 5) is 13.5. The predicted molar refractivity (Wildman–Crippen MR) is 92.0 cm³/mol. The second-order valence-corrected chi connectivity index (χ2v) is 7.21. The Kier molecular flexibility index (Phi) is 3.90. The van der Waals surface area contributed by atoms with Crippen LogP contribution < -0.4 is 0 Å². The third kappa shape index (κ3) is 2.85. The lowest BCUT2D eigenvalue weighted by atomic mass is 9.96. The van der Waals surface area contributed by atoms with Gasteiger partial charge in [-0.3, -0.25) is 4.79 Å². The molecule has 0 saturated heterocycles. The van der Waals surface area contributed by atoms with Crippen LogP contribution in [0.15, 0.2) is 52.4 Å². The van der Waals surface area contributed by atoms with Crippen molar-refractivity contribution < 1.29 is 14.1 Å². The van der Waals surface area contributed by atoms with Crippen molar-refractivity contribution in [3.05, 3.63) is 64.1 Å². The van der Waals surface area contributed by atoms with E-state index in [2.05, 4.69) is 5.16 Å². The molecule has 0 spiro atoms. The summed E-state index contributed by atoms with van der Waals surface area (Å²) in [5.74, 6) is 0.473. The molecule has 122 valence electrons. The molecule has 1 aromatic carbocycles. The van der Waals surface area contributed by atoms with Crippen LogP contribution in [0.5, 0.6) is 0 Å². The first-order valence-corrected chi connectivity index (χ1v) is 8.86. The molecule has 0 N–H and O–H groups in total. The summed E-state index contributed by atoms with van der Waals surface area (Å²) in [6.07, 6.45) is 1.60. The predicted octanol–water partition coefficient (Wildman–Crippen LogP) is 4.83. The molecule has 0 amide bonds. The van der Waals surface area contributed by atoms with Gasteiger partial charge >= 0.3 is 5.97 Å². The summed E-state index contributed by atoms with van der Waals surface area (Å²) in [6.45, 7) is 0.114. The van der Waals surface area contributed by atoms with Gasteiger partial charge in [0.25, 0.3) is 0 Å². The lowest BCUT2D eigenvalue weighted by Gasteiger charge is -2.14. The van der Waals surface area contributed by atoms with Gasteiger partial charge < -0.3 is 9.26 Å². The van der Waals surface area contributed by atoms with Crippen molar-refractivity contribution in [2.24, 2.45) is 0 Å². The van der Waals surface area contributed by atoms with E-state index in [0.717, 1.165) is 23.3 Å². The molecule has 6 heteroatoms. The van der Waals surface area contributed by atoms with Gasteiger partial charge in [0.1, 0.15) is 12.3 Å². The Labute approximate surface area is 148 Å². The molecule has 1 saturated carbocycles. The highest BCUT2D eigenvalue weighted by atomic mass is 35.5. The Morgan fingerprint density at radius 2 is 2.08 bits per heavy atom. The van der Waals surface area contributed by atoms with Gasteiger partial charge in [-0.2, -0.15) is 0 Å². The minimum Gasteiger partial charge on any atom is -0.458 e. The Morgan fingerprint density at radius 3 is 2.75 bits per heavy atom. The van der Waals surface area contributed by atoms with E-state index in [0.29, 0.717) is 16.5 Å². The first kappa shape index (κ1) is 15.4. The smallest absolute Gasteiger partial charge is 0.316 e. The monoisotopic (exact) mass is 359 g/mol. The number of ether oxygens (including phenoxy) is 1. The van der Waals surface area contributed by atoms with E-state index in [-0.39, 0.29) is 12.6 Å². The van der Waals surface area contributed by atoms with E-state index in [9.17, 15) is 4.79 Å². The van der Waals surface area contributed by atoms with Crippen LogP contribution >= 0.6 is 22.9 Å². The summed E-state index contributed by atoms with van der Waals surface area (Å²) in [7, 11) is 0. The fraction of sp³-hybridized carbons (Fsp3) is 0.222. The number of hydrogen-bond donors (Lipinski definition) is 0. The molecular weight excluding hydrogens is 346 g/mol. The van der Waals surface area contributed by atoms with Crippen LogP contribution in [0.25, 0.3) is 10.6 Å². The third-order valence-electron chi connectivity index (χ3n) is 4.21. The highest BCUT2D eigenvalue weighted by molar-refractivity contribution is 7.13. The summed E-state index contributed by atoms with van der Waals surface area (Å²) in [6, 6.07) is 13.1. The molecule has 0 aliphatic heterocycles. The van der Waals surface area contributed by atoms with E-state index >= 15 is 0 Å². The van der Waals surface area contributed by atoms with Crippen LogP contribution in [0.1, 0.15) is 24.1 Å². The van der Waals surface area contributed by atoms with Crippen molar-refractivity contribution in [2.45, 2.75) is 24.9 Å². The summed E-state index contributed by atoms with van der Waals surface area (Å²) in [5, 5.41) is 6.60. The Bertz CT molecular complexity index is 851. The number of thiophene rings is 1. The lowest BCUT2D eigenvalue weighted by molar-refractivity contribution is -0.148. The molecule has 1 fully saturated rings. The summed E-state index contributed by atoms with van der Waals surface area (Å²) >= 11 is 7.49. The molecule has 24 heavy (non-hydrogen) atoms. The number of nitrogens with zero attached hydrogens (tertiary/aromatic N) is 1. The number of aromatic nitrogens is 1. The van der Waals surface area contributed by atoms with Crippen LogP contribution in [0.4, 0.5) is 0 Å².